The molecule has 2 heterocycles. The first-order valence-corrected chi connectivity index (χ1v) is 4.92. The molecule has 0 spiro atoms. The van der Waals surface area contributed by atoms with Gasteiger partial charge in [-0.3, -0.25) is 5.41 Å². The summed E-state index contributed by atoms with van der Waals surface area (Å²) in [5.74, 6) is -0.307. The van der Waals surface area contributed by atoms with Crippen molar-refractivity contribution >= 4 is 5.84 Å². The van der Waals surface area contributed by atoms with Crippen molar-refractivity contribution in [1.82, 2.24) is 14.8 Å². The summed E-state index contributed by atoms with van der Waals surface area (Å²) < 4.78 is 6.37. The highest BCUT2D eigenvalue weighted by atomic mass is 16.6. The van der Waals surface area contributed by atoms with Crippen LogP contribution in [0.1, 0.15) is 12.1 Å². The Hall–Kier alpha value is -1.55. The monoisotopic (exact) mass is 243 g/mol. The number of nitrogens with two attached hydrogens (primary N) is 1. The van der Waals surface area contributed by atoms with E-state index in [0.717, 1.165) is 4.68 Å². The Morgan fingerprint density at radius 3 is 2.71 bits per heavy atom. The van der Waals surface area contributed by atoms with Gasteiger partial charge in [0.15, 0.2) is 12.1 Å². The molecule has 94 valence electrons. The van der Waals surface area contributed by atoms with Crippen LogP contribution in [0.4, 0.5) is 0 Å². The van der Waals surface area contributed by atoms with E-state index in [2.05, 4.69) is 10.1 Å². The first kappa shape index (κ1) is 11.9. The quantitative estimate of drug-likeness (QED) is 0.283. The lowest BCUT2D eigenvalue weighted by Crippen LogP contribution is -2.33. The standard InChI is InChI=1S/C8H13N5O4/c9-6(10)7-11-2-13(12-7)8-5(16)4(15)3(1-14)17-8/h2-5,8,14-16H,1H2,(H3,9,10)/t3-,4?,5+,8-/m0/s1. The third kappa shape index (κ3) is 2.00. The number of aromatic nitrogens is 3. The van der Waals surface area contributed by atoms with E-state index in [9.17, 15) is 10.2 Å². The normalized spacial score (nSPS) is 32.9. The molecule has 1 fully saturated rings. The van der Waals surface area contributed by atoms with Crippen LogP contribution in [0.15, 0.2) is 6.33 Å². The highest BCUT2D eigenvalue weighted by Gasteiger charge is 2.43. The molecule has 1 saturated heterocycles. The van der Waals surface area contributed by atoms with Crippen molar-refractivity contribution in [3.05, 3.63) is 12.2 Å². The Kier molecular flexibility index (Phi) is 3.07. The zero-order valence-electron chi connectivity index (χ0n) is 8.76. The number of aliphatic hydroxyl groups excluding tert-OH is 3. The smallest absolute Gasteiger partial charge is 0.215 e. The van der Waals surface area contributed by atoms with E-state index < -0.39 is 31.1 Å². The lowest BCUT2D eigenvalue weighted by atomic mass is 10.1. The van der Waals surface area contributed by atoms with Gasteiger partial charge in [0, 0.05) is 0 Å². The third-order valence-corrected chi connectivity index (χ3v) is 2.53. The van der Waals surface area contributed by atoms with Crippen LogP contribution < -0.4 is 5.73 Å². The van der Waals surface area contributed by atoms with Gasteiger partial charge in [-0.25, -0.2) is 9.67 Å². The zero-order valence-corrected chi connectivity index (χ0v) is 8.76. The van der Waals surface area contributed by atoms with E-state index in [1.807, 2.05) is 0 Å². The van der Waals surface area contributed by atoms with Gasteiger partial charge < -0.3 is 25.8 Å². The Bertz CT molecular complexity index is 422. The molecule has 9 nitrogen and oxygen atoms in total. The van der Waals surface area contributed by atoms with Gasteiger partial charge in [-0.15, -0.1) is 5.10 Å². The second-order valence-corrected chi connectivity index (χ2v) is 3.69. The first-order chi connectivity index (χ1) is 8.04. The predicted molar refractivity (Wildman–Crippen MR) is 54.0 cm³/mol. The molecule has 6 N–H and O–H groups in total. The Morgan fingerprint density at radius 1 is 1.53 bits per heavy atom. The molecule has 4 atom stereocenters. The Balaban J connectivity index is 2.19. The molecular formula is C8H13N5O4. The molecule has 0 bridgehead atoms. The summed E-state index contributed by atoms with van der Waals surface area (Å²) in [6, 6.07) is 0. The molecule has 2 rings (SSSR count). The minimum Gasteiger partial charge on any atom is -0.394 e. The fourth-order valence-corrected chi connectivity index (χ4v) is 1.62. The molecule has 0 radical (unpaired) electrons. The van der Waals surface area contributed by atoms with E-state index in [0.29, 0.717) is 0 Å². The van der Waals surface area contributed by atoms with E-state index in [1.165, 1.54) is 6.33 Å². The van der Waals surface area contributed by atoms with Gasteiger partial charge in [-0.1, -0.05) is 0 Å². The van der Waals surface area contributed by atoms with E-state index in [1.54, 1.807) is 0 Å². The van der Waals surface area contributed by atoms with Crippen LogP contribution >= 0.6 is 0 Å². The van der Waals surface area contributed by atoms with Crippen LogP contribution in [-0.4, -0.2) is 60.8 Å². The molecule has 1 unspecified atom stereocenters. The van der Waals surface area contributed by atoms with Crippen molar-refractivity contribution in [2.75, 3.05) is 6.61 Å². The zero-order chi connectivity index (χ0) is 12.6. The van der Waals surface area contributed by atoms with Gasteiger partial charge in [-0.2, -0.15) is 0 Å². The number of amidine groups is 1. The average Bonchev–Trinajstić information content (AvgIpc) is 2.87. The fourth-order valence-electron chi connectivity index (χ4n) is 1.62. The van der Waals surface area contributed by atoms with Gasteiger partial charge >= 0.3 is 0 Å². The fraction of sp³-hybridized carbons (Fsp3) is 0.625. The van der Waals surface area contributed by atoms with Crippen molar-refractivity contribution in [2.45, 2.75) is 24.5 Å². The summed E-state index contributed by atoms with van der Waals surface area (Å²) in [7, 11) is 0. The van der Waals surface area contributed by atoms with Crippen LogP contribution in [0.5, 0.6) is 0 Å². The van der Waals surface area contributed by atoms with Gasteiger partial charge in [0.2, 0.25) is 5.82 Å². The molecule has 0 aliphatic carbocycles. The van der Waals surface area contributed by atoms with Crippen LogP contribution in [0.25, 0.3) is 0 Å². The van der Waals surface area contributed by atoms with E-state index in [4.69, 9.17) is 21.0 Å². The highest BCUT2D eigenvalue weighted by Crippen LogP contribution is 2.28. The van der Waals surface area contributed by atoms with Crippen molar-refractivity contribution in [3.63, 3.8) is 0 Å². The van der Waals surface area contributed by atoms with Gasteiger partial charge in [0.25, 0.3) is 0 Å². The number of nitrogens with zero attached hydrogens (tertiary/aromatic N) is 3. The minimum atomic E-state index is -1.23. The maximum absolute atomic E-state index is 9.70. The number of ether oxygens (including phenoxy) is 1. The maximum Gasteiger partial charge on any atom is 0.215 e. The molecule has 1 aliphatic heterocycles. The second-order valence-electron chi connectivity index (χ2n) is 3.69. The van der Waals surface area contributed by atoms with Crippen molar-refractivity contribution < 1.29 is 20.1 Å². The molecular weight excluding hydrogens is 230 g/mol. The molecule has 1 aromatic rings. The first-order valence-electron chi connectivity index (χ1n) is 4.92. The minimum absolute atomic E-state index is 0.00254. The molecule has 17 heavy (non-hydrogen) atoms. The van der Waals surface area contributed by atoms with Crippen molar-refractivity contribution in [2.24, 2.45) is 5.73 Å². The van der Waals surface area contributed by atoms with Crippen molar-refractivity contribution in [1.29, 1.82) is 5.41 Å². The molecule has 0 saturated carbocycles. The number of aliphatic hydroxyl groups is 3. The summed E-state index contributed by atoms with van der Waals surface area (Å²) in [6.45, 7) is -0.414. The molecule has 9 heteroatoms. The SMILES string of the molecule is N=C(N)c1ncn([C@H]2O[C@@H](CO)C(O)[C@H]2O)n1. The predicted octanol–water partition coefficient (Wildman–Crippen LogP) is -2.83. The largest absolute Gasteiger partial charge is 0.394 e. The van der Waals surface area contributed by atoms with Crippen LogP contribution in [0, 0.1) is 5.41 Å². The Morgan fingerprint density at radius 2 is 2.24 bits per heavy atom. The topological polar surface area (TPSA) is 150 Å². The van der Waals surface area contributed by atoms with E-state index in [-0.39, 0.29) is 11.7 Å². The lowest BCUT2D eigenvalue weighted by molar-refractivity contribution is -0.0588. The average molecular weight is 243 g/mol. The molecule has 1 aromatic heterocycles. The molecule has 0 amide bonds. The van der Waals surface area contributed by atoms with Gasteiger partial charge in [0.05, 0.1) is 6.61 Å². The maximum atomic E-state index is 9.70. The van der Waals surface area contributed by atoms with Crippen molar-refractivity contribution in [3.8, 4) is 0 Å². The summed E-state index contributed by atoms with van der Waals surface area (Å²) in [4.78, 5) is 3.74. The molecule has 1 aliphatic rings. The summed E-state index contributed by atoms with van der Waals surface area (Å²) in [5.41, 5.74) is 5.19. The van der Waals surface area contributed by atoms with Crippen LogP contribution in [0.3, 0.4) is 0 Å². The number of hydrogen-bond donors (Lipinski definition) is 5. The number of rotatable bonds is 3. The van der Waals surface area contributed by atoms with Crippen LogP contribution in [0.2, 0.25) is 0 Å². The van der Waals surface area contributed by atoms with Crippen LogP contribution in [-0.2, 0) is 4.74 Å². The van der Waals surface area contributed by atoms with Gasteiger partial charge in [-0.05, 0) is 0 Å². The van der Waals surface area contributed by atoms with Gasteiger partial charge in [0.1, 0.15) is 24.6 Å². The number of hydrogen-bond acceptors (Lipinski definition) is 7. The second kappa shape index (κ2) is 4.37. The highest BCUT2D eigenvalue weighted by molar-refractivity contribution is 5.90. The summed E-state index contributed by atoms with van der Waals surface area (Å²) >= 11 is 0. The Labute approximate surface area is 96.0 Å². The lowest BCUT2D eigenvalue weighted by Gasteiger charge is -2.13. The molecule has 0 aromatic carbocycles. The van der Waals surface area contributed by atoms with E-state index >= 15 is 0 Å². The summed E-state index contributed by atoms with van der Waals surface area (Å²) in [5, 5.41) is 39.1. The third-order valence-electron chi connectivity index (χ3n) is 2.53. The summed E-state index contributed by atoms with van der Waals surface area (Å²) in [6.07, 6.45) is -3.02. The number of nitrogen functional groups attached to an aromatic ring is 1. The number of nitrogens with one attached hydrogen (secondary N) is 1.